The average molecular weight is 168 g/mol. The zero-order chi connectivity index (χ0) is 8.97. The predicted octanol–water partition coefficient (Wildman–Crippen LogP) is -0.00660. The highest BCUT2D eigenvalue weighted by molar-refractivity contribution is 5.94. The van der Waals surface area contributed by atoms with Gasteiger partial charge in [0.25, 0.3) is 5.91 Å². The lowest BCUT2D eigenvalue weighted by Gasteiger charge is -1.96. The lowest BCUT2D eigenvalue weighted by molar-refractivity contribution is -0.116. The van der Waals surface area contributed by atoms with E-state index in [4.69, 9.17) is 0 Å². The van der Waals surface area contributed by atoms with Gasteiger partial charge in [-0.3, -0.25) is 9.59 Å². The maximum Gasteiger partial charge on any atom is 0.273 e. The van der Waals surface area contributed by atoms with E-state index in [1.54, 1.807) is 0 Å². The number of hydrogen-bond acceptors (Lipinski definition) is 4. The molecule has 0 atom stereocenters. The van der Waals surface area contributed by atoms with Crippen LogP contribution in [0, 0.1) is 0 Å². The van der Waals surface area contributed by atoms with E-state index in [0.717, 1.165) is 0 Å². The van der Waals surface area contributed by atoms with Crippen LogP contribution in [0.5, 0.6) is 0 Å². The number of Topliss-reactive ketones (excluding diaryl/α,β-unsaturated/α-hetero) is 1. The van der Waals surface area contributed by atoms with Crippen LogP contribution in [0.1, 0.15) is 17.4 Å². The monoisotopic (exact) mass is 168 g/mol. The van der Waals surface area contributed by atoms with Gasteiger partial charge < -0.3 is 9.84 Å². The normalized spacial score (nSPS) is 9.42. The van der Waals surface area contributed by atoms with E-state index in [1.165, 1.54) is 19.3 Å². The van der Waals surface area contributed by atoms with Gasteiger partial charge in [-0.15, -0.1) is 0 Å². The zero-order valence-corrected chi connectivity index (χ0v) is 6.53. The summed E-state index contributed by atoms with van der Waals surface area (Å²) in [5, 5.41) is 5.77. The lowest BCUT2D eigenvalue weighted by atomic mass is 10.4. The second kappa shape index (κ2) is 3.66. The Hall–Kier alpha value is -1.65. The summed E-state index contributed by atoms with van der Waals surface area (Å²) in [7, 11) is 0. The van der Waals surface area contributed by atoms with Crippen molar-refractivity contribution in [3.63, 3.8) is 0 Å². The number of nitrogens with one attached hydrogen (secondary N) is 1. The molecule has 1 aromatic heterocycles. The molecule has 0 bridgehead atoms. The summed E-state index contributed by atoms with van der Waals surface area (Å²) in [4.78, 5) is 21.5. The van der Waals surface area contributed by atoms with E-state index < -0.39 is 5.91 Å². The minimum absolute atomic E-state index is 0.0195. The topological polar surface area (TPSA) is 72.2 Å². The molecule has 64 valence electrons. The van der Waals surface area contributed by atoms with E-state index >= 15 is 0 Å². The highest BCUT2D eigenvalue weighted by Gasteiger charge is 2.07. The Balaban J connectivity index is 2.45. The average Bonchev–Trinajstić information content (AvgIpc) is 2.51. The van der Waals surface area contributed by atoms with E-state index in [1.807, 2.05) is 0 Å². The number of ketones is 1. The Labute approximate surface area is 68.7 Å². The fourth-order valence-corrected chi connectivity index (χ4v) is 0.625. The van der Waals surface area contributed by atoms with Crippen LogP contribution in [-0.4, -0.2) is 23.4 Å². The van der Waals surface area contributed by atoms with Gasteiger partial charge in [0.2, 0.25) is 0 Å². The van der Waals surface area contributed by atoms with Crippen molar-refractivity contribution in [1.29, 1.82) is 0 Å². The Bertz CT molecular complexity index is 279. The SMILES string of the molecule is CC(=O)CNC(=O)c1ccon1. The van der Waals surface area contributed by atoms with Crippen LogP contribution in [0.25, 0.3) is 0 Å². The molecule has 1 amide bonds. The first-order valence-corrected chi connectivity index (χ1v) is 3.38. The first-order valence-electron chi connectivity index (χ1n) is 3.38. The number of rotatable bonds is 3. The third-order valence-electron chi connectivity index (χ3n) is 1.17. The molecule has 12 heavy (non-hydrogen) atoms. The molecule has 0 aliphatic carbocycles. The molecule has 0 spiro atoms. The number of carbonyl (C=O) groups excluding carboxylic acids is 2. The van der Waals surface area contributed by atoms with Gasteiger partial charge in [-0.25, -0.2) is 0 Å². The standard InChI is InChI=1S/C7H8N2O3/c1-5(10)4-8-7(11)6-2-3-12-9-6/h2-3H,4H2,1H3,(H,8,11). The first kappa shape index (κ1) is 8.45. The molecular weight excluding hydrogens is 160 g/mol. The summed E-state index contributed by atoms with van der Waals surface area (Å²) in [6.45, 7) is 1.41. The van der Waals surface area contributed by atoms with Gasteiger partial charge in [0.15, 0.2) is 5.69 Å². The molecule has 0 aromatic carbocycles. The molecule has 0 radical (unpaired) electrons. The Morgan fingerprint density at radius 2 is 2.42 bits per heavy atom. The van der Waals surface area contributed by atoms with Gasteiger partial charge in [0, 0.05) is 6.07 Å². The minimum Gasteiger partial charge on any atom is -0.364 e. The van der Waals surface area contributed by atoms with Crippen molar-refractivity contribution in [2.75, 3.05) is 6.54 Å². The van der Waals surface area contributed by atoms with E-state index in [2.05, 4.69) is 15.0 Å². The summed E-state index contributed by atoms with van der Waals surface area (Å²) < 4.78 is 4.45. The van der Waals surface area contributed by atoms with Gasteiger partial charge in [-0.1, -0.05) is 5.16 Å². The highest BCUT2D eigenvalue weighted by atomic mass is 16.5. The van der Waals surface area contributed by atoms with Crippen molar-refractivity contribution < 1.29 is 14.1 Å². The lowest BCUT2D eigenvalue weighted by Crippen LogP contribution is -2.28. The fraction of sp³-hybridized carbons (Fsp3) is 0.286. The molecule has 1 N–H and O–H groups in total. The highest BCUT2D eigenvalue weighted by Crippen LogP contribution is 1.92. The van der Waals surface area contributed by atoms with Gasteiger partial charge in [0.05, 0.1) is 6.54 Å². The molecule has 0 saturated heterocycles. The maximum atomic E-state index is 11.0. The number of carbonyl (C=O) groups is 2. The van der Waals surface area contributed by atoms with Crippen LogP contribution in [0.3, 0.4) is 0 Å². The summed E-state index contributed by atoms with van der Waals surface area (Å²) in [6.07, 6.45) is 1.29. The van der Waals surface area contributed by atoms with Crippen LogP contribution in [0.2, 0.25) is 0 Å². The molecule has 1 aromatic rings. The molecule has 5 heteroatoms. The van der Waals surface area contributed by atoms with Crippen LogP contribution in [0.15, 0.2) is 16.9 Å². The number of nitrogens with zero attached hydrogens (tertiary/aromatic N) is 1. The second-order valence-electron chi connectivity index (χ2n) is 2.27. The quantitative estimate of drug-likeness (QED) is 0.689. The Morgan fingerprint density at radius 3 is 2.92 bits per heavy atom. The summed E-state index contributed by atoms with van der Waals surface area (Å²) in [5.74, 6) is -0.509. The number of aromatic nitrogens is 1. The van der Waals surface area contributed by atoms with Crippen LogP contribution in [0.4, 0.5) is 0 Å². The van der Waals surface area contributed by atoms with Crippen molar-refractivity contribution in [2.24, 2.45) is 0 Å². The molecule has 0 fully saturated rings. The molecule has 0 saturated carbocycles. The fourth-order valence-electron chi connectivity index (χ4n) is 0.625. The Kier molecular flexibility index (Phi) is 2.57. The van der Waals surface area contributed by atoms with Crippen LogP contribution in [-0.2, 0) is 4.79 Å². The molecule has 0 aliphatic rings. The van der Waals surface area contributed by atoms with Crippen LogP contribution >= 0.6 is 0 Å². The van der Waals surface area contributed by atoms with Crippen molar-refractivity contribution in [3.05, 3.63) is 18.0 Å². The summed E-state index contributed by atoms with van der Waals surface area (Å²) in [6, 6.07) is 1.43. The van der Waals surface area contributed by atoms with Gasteiger partial charge >= 0.3 is 0 Å². The molecule has 0 unspecified atom stereocenters. The molecule has 5 nitrogen and oxygen atoms in total. The Morgan fingerprint density at radius 1 is 1.67 bits per heavy atom. The van der Waals surface area contributed by atoms with E-state index in [9.17, 15) is 9.59 Å². The van der Waals surface area contributed by atoms with Crippen molar-refractivity contribution in [2.45, 2.75) is 6.92 Å². The minimum atomic E-state index is -0.404. The molecule has 1 rings (SSSR count). The summed E-state index contributed by atoms with van der Waals surface area (Å²) >= 11 is 0. The van der Waals surface area contributed by atoms with Crippen molar-refractivity contribution >= 4 is 11.7 Å². The predicted molar refractivity (Wildman–Crippen MR) is 39.5 cm³/mol. The van der Waals surface area contributed by atoms with Crippen molar-refractivity contribution in [1.82, 2.24) is 10.5 Å². The second-order valence-corrected chi connectivity index (χ2v) is 2.27. The van der Waals surface area contributed by atoms with Crippen molar-refractivity contribution in [3.8, 4) is 0 Å². The number of amides is 1. The molecule has 0 aliphatic heterocycles. The summed E-state index contributed by atoms with van der Waals surface area (Å²) in [5.41, 5.74) is 0.177. The van der Waals surface area contributed by atoms with Crippen LogP contribution < -0.4 is 5.32 Å². The van der Waals surface area contributed by atoms with E-state index in [-0.39, 0.29) is 18.0 Å². The van der Waals surface area contributed by atoms with Gasteiger partial charge in [-0.05, 0) is 6.92 Å². The maximum absolute atomic E-state index is 11.0. The molecular formula is C7H8N2O3. The number of hydrogen-bond donors (Lipinski definition) is 1. The first-order chi connectivity index (χ1) is 5.70. The largest absolute Gasteiger partial charge is 0.364 e. The van der Waals surface area contributed by atoms with Gasteiger partial charge in [0.1, 0.15) is 12.0 Å². The third kappa shape index (κ3) is 2.19. The third-order valence-corrected chi connectivity index (χ3v) is 1.17. The van der Waals surface area contributed by atoms with Gasteiger partial charge in [-0.2, -0.15) is 0 Å². The zero-order valence-electron chi connectivity index (χ0n) is 6.53. The smallest absolute Gasteiger partial charge is 0.273 e. The molecule has 1 heterocycles. The van der Waals surface area contributed by atoms with E-state index in [0.29, 0.717) is 0 Å².